The zero-order chi connectivity index (χ0) is 14.8. The molecule has 0 heterocycles. The van der Waals surface area contributed by atoms with Gasteiger partial charge in [0.25, 0.3) is 0 Å². The van der Waals surface area contributed by atoms with Crippen molar-refractivity contribution in [2.75, 3.05) is 40.8 Å². The van der Waals surface area contributed by atoms with Crippen LogP contribution in [0.5, 0.6) is 0 Å². The summed E-state index contributed by atoms with van der Waals surface area (Å²) in [6.45, 7) is 4.11. The summed E-state index contributed by atoms with van der Waals surface area (Å²) in [5.74, 6) is -0.456. The second kappa shape index (κ2) is 9.61. The first-order chi connectivity index (χ1) is 8.82. The van der Waals surface area contributed by atoms with E-state index in [4.69, 9.17) is 5.11 Å². The van der Waals surface area contributed by atoms with Crippen LogP contribution in [0.1, 0.15) is 26.2 Å². The number of rotatable bonds is 9. The van der Waals surface area contributed by atoms with Gasteiger partial charge in [-0.05, 0) is 32.9 Å². The van der Waals surface area contributed by atoms with Crippen molar-refractivity contribution in [3.05, 3.63) is 0 Å². The van der Waals surface area contributed by atoms with Crippen molar-refractivity contribution in [1.29, 1.82) is 0 Å². The van der Waals surface area contributed by atoms with Crippen LogP contribution in [0.25, 0.3) is 0 Å². The Hall–Kier alpha value is -1.30. The molecular weight excluding hydrogens is 246 g/mol. The lowest BCUT2D eigenvalue weighted by Crippen LogP contribution is -2.41. The maximum atomic E-state index is 11.7. The lowest BCUT2D eigenvalue weighted by atomic mass is 10.0. The van der Waals surface area contributed by atoms with Gasteiger partial charge >= 0.3 is 12.0 Å². The highest BCUT2D eigenvalue weighted by Gasteiger charge is 2.09. The molecule has 0 aliphatic carbocycles. The quantitative estimate of drug-likeness (QED) is 0.659. The zero-order valence-corrected chi connectivity index (χ0v) is 12.5. The average Bonchev–Trinajstić information content (AvgIpc) is 2.33. The van der Waals surface area contributed by atoms with Crippen molar-refractivity contribution in [1.82, 2.24) is 15.1 Å². The van der Waals surface area contributed by atoms with Crippen LogP contribution >= 0.6 is 0 Å². The van der Waals surface area contributed by atoms with Crippen molar-refractivity contribution in [3.63, 3.8) is 0 Å². The molecule has 112 valence electrons. The third kappa shape index (κ3) is 10.3. The fourth-order valence-electron chi connectivity index (χ4n) is 1.53. The molecule has 0 fully saturated rings. The van der Waals surface area contributed by atoms with Crippen LogP contribution in [0, 0.1) is 5.92 Å². The molecule has 6 heteroatoms. The highest BCUT2D eigenvalue weighted by atomic mass is 16.4. The fourth-order valence-corrected chi connectivity index (χ4v) is 1.53. The van der Waals surface area contributed by atoms with Crippen LogP contribution < -0.4 is 5.32 Å². The zero-order valence-electron chi connectivity index (χ0n) is 12.5. The van der Waals surface area contributed by atoms with E-state index in [-0.39, 0.29) is 12.5 Å². The highest BCUT2D eigenvalue weighted by molar-refractivity contribution is 5.73. The van der Waals surface area contributed by atoms with Crippen molar-refractivity contribution >= 4 is 12.0 Å². The molecule has 0 saturated heterocycles. The maximum Gasteiger partial charge on any atom is 0.317 e. The Morgan fingerprint density at radius 2 is 1.79 bits per heavy atom. The lowest BCUT2D eigenvalue weighted by molar-refractivity contribution is -0.137. The SMILES string of the molecule is CC(CCNC(=O)N(C)CCN(C)C)CCC(=O)O. The number of carbonyl (C=O) groups is 2. The first kappa shape index (κ1) is 17.7. The van der Waals surface area contributed by atoms with E-state index in [9.17, 15) is 9.59 Å². The molecule has 1 atom stereocenters. The van der Waals surface area contributed by atoms with E-state index in [1.165, 1.54) is 0 Å². The van der Waals surface area contributed by atoms with Crippen LogP contribution in [0.3, 0.4) is 0 Å². The Labute approximate surface area is 115 Å². The van der Waals surface area contributed by atoms with Gasteiger partial charge in [-0.2, -0.15) is 0 Å². The van der Waals surface area contributed by atoms with E-state index in [1.54, 1.807) is 11.9 Å². The molecule has 19 heavy (non-hydrogen) atoms. The third-order valence-corrected chi connectivity index (χ3v) is 2.99. The minimum atomic E-state index is -0.765. The van der Waals surface area contributed by atoms with Crippen molar-refractivity contribution in [3.8, 4) is 0 Å². The average molecular weight is 273 g/mol. The predicted molar refractivity (Wildman–Crippen MR) is 75.2 cm³/mol. The summed E-state index contributed by atoms with van der Waals surface area (Å²) in [7, 11) is 5.71. The van der Waals surface area contributed by atoms with Gasteiger partial charge in [-0.1, -0.05) is 6.92 Å². The number of hydrogen-bond acceptors (Lipinski definition) is 3. The number of carbonyl (C=O) groups excluding carboxylic acids is 1. The van der Waals surface area contributed by atoms with Crippen molar-refractivity contribution < 1.29 is 14.7 Å². The molecule has 0 saturated carbocycles. The van der Waals surface area contributed by atoms with Crippen LogP contribution in [0.4, 0.5) is 4.79 Å². The van der Waals surface area contributed by atoms with E-state index < -0.39 is 5.97 Å². The molecule has 1 unspecified atom stereocenters. The number of urea groups is 1. The molecule has 0 aromatic heterocycles. The summed E-state index contributed by atoms with van der Waals surface area (Å²) in [5, 5.41) is 11.4. The Morgan fingerprint density at radius 1 is 1.16 bits per heavy atom. The Bertz CT molecular complexity index is 282. The smallest absolute Gasteiger partial charge is 0.317 e. The normalized spacial score (nSPS) is 12.3. The highest BCUT2D eigenvalue weighted by Crippen LogP contribution is 2.09. The van der Waals surface area contributed by atoms with Crippen LogP contribution in [0.2, 0.25) is 0 Å². The largest absolute Gasteiger partial charge is 0.481 e. The Morgan fingerprint density at radius 3 is 2.32 bits per heavy atom. The van der Waals surface area contributed by atoms with E-state index in [1.807, 2.05) is 25.9 Å². The van der Waals surface area contributed by atoms with E-state index >= 15 is 0 Å². The first-order valence-corrected chi connectivity index (χ1v) is 6.68. The van der Waals surface area contributed by atoms with Crippen LogP contribution in [-0.4, -0.2) is 67.7 Å². The Kier molecular flexibility index (Phi) is 8.95. The number of nitrogens with zero attached hydrogens (tertiary/aromatic N) is 2. The van der Waals surface area contributed by atoms with E-state index in [0.717, 1.165) is 13.0 Å². The number of likely N-dealkylation sites (N-methyl/N-ethyl adjacent to an activating group) is 2. The summed E-state index contributed by atoms with van der Waals surface area (Å²) in [6.07, 6.45) is 1.65. The van der Waals surface area contributed by atoms with Gasteiger partial charge in [0.05, 0.1) is 0 Å². The van der Waals surface area contributed by atoms with Gasteiger partial charge < -0.3 is 20.2 Å². The van der Waals surface area contributed by atoms with Gasteiger partial charge in [0.2, 0.25) is 0 Å². The summed E-state index contributed by atoms with van der Waals surface area (Å²) < 4.78 is 0. The van der Waals surface area contributed by atoms with Crippen LogP contribution in [-0.2, 0) is 4.79 Å². The number of nitrogens with one attached hydrogen (secondary N) is 1. The first-order valence-electron chi connectivity index (χ1n) is 6.68. The number of hydrogen-bond donors (Lipinski definition) is 2. The molecule has 2 N–H and O–H groups in total. The van der Waals surface area contributed by atoms with Gasteiger partial charge in [0.1, 0.15) is 0 Å². The number of carboxylic acid groups (broad SMARTS) is 1. The van der Waals surface area contributed by atoms with Gasteiger partial charge in [0, 0.05) is 33.1 Å². The Balaban J connectivity index is 3.69. The van der Waals surface area contributed by atoms with Gasteiger partial charge in [-0.3, -0.25) is 4.79 Å². The third-order valence-electron chi connectivity index (χ3n) is 2.99. The molecule has 0 radical (unpaired) electrons. The summed E-state index contributed by atoms with van der Waals surface area (Å²) in [6, 6.07) is -0.0766. The number of aliphatic carboxylic acids is 1. The summed E-state index contributed by atoms with van der Waals surface area (Å²) in [4.78, 5) is 25.8. The van der Waals surface area contributed by atoms with Gasteiger partial charge in [-0.25, -0.2) is 4.79 Å². The van der Waals surface area contributed by atoms with E-state index in [2.05, 4.69) is 5.32 Å². The molecule has 0 bridgehead atoms. The second-order valence-corrected chi connectivity index (χ2v) is 5.28. The topological polar surface area (TPSA) is 72.9 Å². The number of amides is 2. The van der Waals surface area contributed by atoms with Gasteiger partial charge in [-0.15, -0.1) is 0 Å². The monoisotopic (exact) mass is 273 g/mol. The summed E-state index contributed by atoms with van der Waals surface area (Å²) in [5.41, 5.74) is 0. The molecular formula is C13H27N3O3. The number of carboxylic acids is 1. The molecule has 0 aromatic carbocycles. The lowest BCUT2D eigenvalue weighted by Gasteiger charge is -2.20. The fraction of sp³-hybridized carbons (Fsp3) is 0.846. The van der Waals surface area contributed by atoms with E-state index in [0.29, 0.717) is 25.4 Å². The molecule has 0 aliphatic heterocycles. The minimum absolute atomic E-state index is 0.0766. The maximum absolute atomic E-state index is 11.7. The summed E-state index contributed by atoms with van der Waals surface area (Å²) >= 11 is 0. The molecule has 0 aromatic rings. The van der Waals surface area contributed by atoms with Crippen molar-refractivity contribution in [2.24, 2.45) is 5.92 Å². The molecule has 0 spiro atoms. The van der Waals surface area contributed by atoms with Crippen molar-refractivity contribution in [2.45, 2.75) is 26.2 Å². The predicted octanol–water partition coefficient (Wildman–Crippen LogP) is 1.08. The minimum Gasteiger partial charge on any atom is -0.481 e. The standard InChI is InChI=1S/C13H27N3O3/c1-11(5-6-12(17)18)7-8-14-13(19)16(4)10-9-15(2)3/h11H,5-10H2,1-4H3,(H,14,19)(H,17,18). The molecule has 0 rings (SSSR count). The molecule has 0 aliphatic rings. The molecule has 6 nitrogen and oxygen atoms in total. The second-order valence-electron chi connectivity index (χ2n) is 5.28. The van der Waals surface area contributed by atoms with Crippen LogP contribution in [0.15, 0.2) is 0 Å². The van der Waals surface area contributed by atoms with Gasteiger partial charge in [0.15, 0.2) is 0 Å². The molecule has 2 amide bonds.